The number of hydrogen-bond acceptors (Lipinski definition) is 9. The molecule has 3 N–H and O–H groups in total. The number of aliphatic hydroxyl groups excluding tert-OH is 1. The number of hydrogen-bond donors (Lipinski definition) is 3. The molecular weight excluding hydrogens is 515 g/mol. The van der Waals surface area contributed by atoms with Crippen LogP contribution >= 0.6 is 0 Å². The first kappa shape index (κ1) is 29.2. The minimum atomic E-state index is -1.35. The Hall–Kier alpha value is -3.77. The van der Waals surface area contributed by atoms with Crippen molar-refractivity contribution in [3.63, 3.8) is 0 Å². The third-order valence-corrected chi connectivity index (χ3v) is 7.19. The van der Waals surface area contributed by atoms with E-state index >= 15 is 0 Å². The van der Waals surface area contributed by atoms with Crippen LogP contribution in [0.25, 0.3) is 11.3 Å². The van der Waals surface area contributed by atoms with Gasteiger partial charge in [-0.3, -0.25) is 24.1 Å². The molecule has 1 aromatic carbocycles. The molecule has 2 saturated heterocycles. The van der Waals surface area contributed by atoms with Crippen molar-refractivity contribution in [2.75, 3.05) is 7.05 Å². The number of fused-ring (bicyclic) bond motifs is 2. The SMILES string of the molecule is CC(C)C[C@H](NC(=O)[C@@H](NC(=O)c1cccc(-c2ccccc2)n1)[C@@H](C)O)B1OC(=O)[C@H]2CC[C@@H](C(=O)O1)N2C. The zero-order chi connectivity index (χ0) is 29.0. The van der Waals surface area contributed by atoms with Gasteiger partial charge in [-0.05, 0) is 51.3 Å². The maximum atomic E-state index is 13.4. The topological polar surface area (TPSA) is 147 Å². The molecule has 0 unspecified atom stereocenters. The van der Waals surface area contributed by atoms with Crippen LogP contribution in [0.1, 0.15) is 50.5 Å². The first-order valence-electron chi connectivity index (χ1n) is 13.5. The van der Waals surface area contributed by atoms with Gasteiger partial charge in [-0.2, -0.15) is 0 Å². The Morgan fingerprint density at radius 1 is 1.00 bits per heavy atom. The van der Waals surface area contributed by atoms with Crippen molar-refractivity contribution in [3.8, 4) is 11.3 Å². The number of amides is 2. The number of carbonyl (C=O) groups excluding carboxylic acids is 4. The molecule has 2 aliphatic heterocycles. The van der Waals surface area contributed by atoms with Crippen molar-refractivity contribution in [2.45, 2.75) is 70.2 Å². The van der Waals surface area contributed by atoms with Crippen LogP contribution in [0.15, 0.2) is 48.5 Å². The highest BCUT2D eigenvalue weighted by molar-refractivity contribution is 6.51. The van der Waals surface area contributed by atoms with Crippen molar-refractivity contribution >= 4 is 30.9 Å². The monoisotopic (exact) mass is 550 g/mol. The molecule has 2 amide bonds. The molecule has 3 heterocycles. The largest absolute Gasteiger partial charge is 0.622 e. The average molecular weight is 550 g/mol. The summed E-state index contributed by atoms with van der Waals surface area (Å²) in [4.78, 5) is 58.2. The van der Waals surface area contributed by atoms with E-state index in [9.17, 15) is 24.3 Å². The minimum Gasteiger partial charge on any atom is -0.497 e. The third kappa shape index (κ3) is 6.68. The molecule has 0 radical (unpaired) electrons. The quantitative estimate of drug-likeness (QED) is 0.394. The predicted octanol–water partition coefficient (Wildman–Crippen LogP) is 1.35. The average Bonchev–Trinajstić information content (AvgIpc) is 3.34. The minimum absolute atomic E-state index is 0.0251. The number of rotatable bonds is 9. The summed E-state index contributed by atoms with van der Waals surface area (Å²) in [6.45, 7) is 5.18. The molecule has 40 heavy (non-hydrogen) atoms. The standard InChI is InChI=1S/C28H35BN4O7/c1-16(2)15-23(29-39-27(37)21-13-14-22(33(21)4)28(38)40-29)31-26(36)24(17(3)34)32-25(35)20-12-8-11-19(30-20)18-9-6-5-7-10-18/h5-12,16-17,21-24,34H,13-15H2,1-4H3,(H,31,36)(H,32,35)/t17-,21-,22+,23+,24+/m1/s1. The lowest BCUT2D eigenvalue weighted by Crippen LogP contribution is -2.60. The number of aromatic nitrogens is 1. The maximum absolute atomic E-state index is 13.4. The number of likely N-dealkylation sites (N-methyl/N-ethyl adjacent to an activating group) is 1. The van der Waals surface area contributed by atoms with E-state index in [4.69, 9.17) is 9.31 Å². The number of carbonyl (C=O) groups is 4. The second-order valence-corrected chi connectivity index (χ2v) is 10.7. The lowest BCUT2D eigenvalue weighted by atomic mass is 9.73. The Kier molecular flexibility index (Phi) is 9.21. The van der Waals surface area contributed by atoms with Gasteiger partial charge in [0.05, 0.1) is 17.7 Å². The van der Waals surface area contributed by atoms with Gasteiger partial charge < -0.3 is 25.0 Å². The third-order valence-electron chi connectivity index (χ3n) is 7.19. The van der Waals surface area contributed by atoms with E-state index in [0.29, 0.717) is 25.0 Å². The first-order chi connectivity index (χ1) is 19.0. The number of nitrogens with zero attached hydrogens (tertiary/aromatic N) is 2. The number of aliphatic hydroxyl groups is 1. The molecule has 2 aliphatic rings. The molecular formula is C28H35BN4O7. The molecule has 0 aliphatic carbocycles. The van der Waals surface area contributed by atoms with Crippen LogP contribution < -0.4 is 10.6 Å². The summed E-state index contributed by atoms with van der Waals surface area (Å²) in [5, 5.41) is 15.7. The van der Waals surface area contributed by atoms with Crippen LogP contribution in [0.5, 0.6) is 0 Å². The summed E-state index contributed by atoms with van der Waals surface area (Å²) in [6, 6.07) is 11.8. The smallest absolute Gasteiger partial charge is 0.497 e. The van der Waals surface area contributed by atoms with Gasteiger partial charge in [0.15, 0.2) is 0 Å². The van der Waals surface area contributed by atoms with E-state index in [0.717, 1.165) is 5.56 Å². The Morgan fingerprint density at radius 2 is 1.62 bits per heavy atom. The molecule has 4 rings (SSSR count). The van der Waals surface area contributed by atoms with E-state index in [1.807, 2.05) is 44.2 Å². The highest BCUT2D eigenvalue weighted by Gasteiger charge is 2.49. The summed E-state index contributed by atoms with van der Waals surface area (Å²) in [5.41, 5.74) is 1.47. The van der Waals surface area contributed by atoms with Gasteiger partial charge in [0.2, 0.25) is 5.91 Å². The molecule has 1 aromatic heterocycles. The summed E-state index contributed by atoms with van der Waals surface area (Å²) >= 11 is 0. The second-order valence-electron chi connectivity index (χ2n) is 10.7. The molecule has 2 bridgehead atoms. The first-order valence-corrected chi connectivity index (χ1v) is 13.5. The van der Waals surface area contributed by atoms with Gasteiger partial charge in [0.25, 0.3) is 5.91 Å². The van der Waals surface area contributed by atoms with Crippen LogP contribution in [-0.4, -0.2) is 83.1 Å². The number of pyridine rings is 1. The van der Waals surface area contributed by atoms with Crippen molar-refractivity contribution < 1.29 is 33.6 Å². The Labute approximate surface area is 233 Å². The summed E-state index contributed by atoms with van der Waals surface area (Å²) < 4.78 is 11.1. The van der Waals surface area contributed by atoms with Crippen LogP contribution in [0, 0.1) is 5.92 Å². The maximum Gasteiger partial charge on any atom is 0.622 e. The van der Waals surface area contributed by atoms with Crippen LogP contribution in [0.2, 0.25) is 0 Å². The lowest BCUT2D eigenvalue weighted by molar-refractivity contribution is -0.151. The summed E-state index contributed by atoms with van der Waals surface area (Å²) in [7, 11) is 0.330. The van der Waals surface area contributed by atoms with Gasteiger partial charge in [-0.1, -0.05) is 50.2 Å². The van der Waals surface area contributed by atoms with Crippen LogP contribution in [0.3, 0.4) is 0 Å². The molecule has 0 saturated carbocycles. The fourth-order valence-corrected chi connectivity index (χ4v) is 5.05. The van der Waals surface area contributed by atoms with Gasteiger partial charge in [0, 0.05) is 5.56 Å². The Balaban J connectivity index is 1.50. The highest BCUT2D eigenvalue weighted by Crippen LogP contribution is 2.27. The summed E-state index contributed by atoms with van der Waals surface area (Å²) in [5.74, 6) is -3.31. The normalized spacial score (nSPS) is 21.5. The number of benzene rings is 1. The van der Waals surface area contributed by atoms with Gasteiger partial charge in [-0.15, -0.1) is 0 Å². The van der Waals surface area contributed by atoms with Crippen molar-refractivity contribution in [1.29, 1.82) is 0 Å². The fraction of sp³-hybridized carbons (Fsp3) is 0.464. The Bertz CT molecular complexity index is 1220. The van der Waals surface area contributed by atoms with E-state index in [1.54, 1.807) is 24.1 Å². The Morgan fingerprint density at radius 3 is 2.20 bits per heavy atom. The zero-order valence-electron chi connectivity index (χ0n) is 23.1. The second kappa shape index (κ2) is 12.6. The van der Waals surface area contributed by atoms with E-state index in [1.165, 1.54) is 13.0 Å². The molecule has 11 nitrogen and oxygen atoms in total. The van der Waals surface area contributed by atoms with Crippen molar-refractivity contribution in [1.82, 2.24) is 20.5 Å². The van der Waals surface area contributed by atoms with Gasteiger partial charge in [-0.25, -0.2) is 4.98 Å². The van der Waals surface area contributed by atoms with Crippen molar-refractivity contribution in [2.24, 2.45) is 5.92 Å². The zero-order valence-corrected chi connectivity index (χ0v) is 23.1. The number of nitrogens with one attached hydrogen (secondary N) is 2. The molecule has 5 atom stereocenters. The highest BCUT2D eigenvalue weighted by atomic mass is 16.6. The molecule has 0 spiro atoms. The van der Waals surface area contributed by atoms with E-state index < -0.39 is 61.0 Å². The van der Waals surface area contributed by atoms with Crippen LogP contribution in [0.4, 0.5) is 0 Å². The van der Waals surface area contributed by atoms with Gasteiger partial charge in [0.1, 0.15) is 23.8 Å². The molecule has 2 fully saturated rings. The summed E-state index contributed by atoms with van der Waals surface area (Å²) in [6.07, 6.45) is -0.0199. The molecule has 12 heteroatoms. The van der Waals surface area contributed by atoms with Crippen LogP contribution in [-0.2, 0) is 23.7 Å². The van der Waals surface area contributed by atoms with Gasteiger partial charge >= 0.3 is 19.1 Å². The fourth-order valence-electron chi connectivity index (χ4n) is 5.05. The molecule has 2 aromatic rings. The van der Waals surface area contributed by atoms with E-state index in [-0.39, 0.29) is 11.6 Å². The lowest BCUT2D eigenvalue weighted by Gasteiger charge is -2.32. The van der Waals surface area contributed by atoms with E-state index in [2.05, 4.69) is 15.6 Å². The molecule has 212 valence electrons. The van der Waals surface area contributed by atoms with Crippen molar-refractivity contribution in [3.05, 3.63) is 54.2 Å². The predicted molar refractivity (Wildman–Crippen MR) is 147 cm³/mol.